The predicted molar refractivity (Wildman–Crippen MR) is 219 cm³/mol. The Morgan fingerprint density at radius 3 is 2.34 bits per heavy atom. The summed E-state index contributed by atoms with van der Waals surface area (Å²) in [7, 11) is 0. The van der Waals surface area contributed by atoms with Crippen LogP contribution in [0.5, 0.6) is 5.75 Å². The van der Waals surface area contributed by atoms with Crippen LogP contribution in [0.1, 0.15) is 96.9 Å². The first kappa shape index (κ1) is 39.1. The van der Waals surface area contributed by atoms with Crippen LogP contribution >= 0.6 is 0 Å². The molecule has 9 heteroatoms. The van der Waals surface area contributed by atoms with Crippen LogP contribution in [0.25, 0.3) is 11.0 Å². The molecule has 0 radical (unpaired) electrons. The van der Waals surface area contributed by atoms with Gasteiger partial charge >= 0.3 is 17.6 Å². The zero-order valence-corrected chi connectivity index (χ0v) is 33.0. The summed E-state index contributed by atoms with van der Waals surface area (Å²) < 4.78 is 25.1. The number of aryl methyl sites for hydroxylation is 1. The van der Waals surface area contributed by atoms with Gasteiger partial charge in [0, 0.05) is 35.3 Å². The summed E-state index contributed by atoms with van der Waals surface area (Å²) in [6, 6.07) is 31.9. The topological polar surface area (TPSA) is 133 Å². The van der Waals surface area contributed by atoms with Gasteiger partial charge in [0.1, 0.15) is 16.9 Å². The summed E-state index contributed by atoms with van der Waals surface area (Å²) in [5, 5.41) is 20.8. The van der Waals surface area contributed by atoms with Gasteiger partial charge in [0.05, 0.1) is 18.8 Å². The second kappa shape index (κ2) is 16.2. The van der Waals surface area contributed by atoms with E-state index in [1.165, 1.54) is 22.8 Å². The lowest BCUT2D eigenvalue weighted by molar-refractivity contribution is -0.188. The molecule has 9 rings (SSSR count). The minimum atomic E-state index is -1.25. The molecule has 5 aromatic rings. The highest BCUT2D eigenvalue weighted by molar-refractivity contribution is 5.90. The Kier molecular flexibility index (Phi) is 10.9. The Balaban J connectivity index is 1.21. The Bertz CT molecular complexity index is 2460. The molecular formula is C49H48O9. The average molecular weight is 781 g/mol. The molecule has 0 spiro atoms. The van der Waals surface area contributed by atoms with E-state index in [4.69, 9.17) is 18.6 Å². The van der Waals surface area contributed by atoms with Crippen LogP contribution in [-0.4, -0.2) is 40.5 Å². The number of carbonyl (C=O) groups excluding carboxylic acids is 2. The molecule has 0 amide bonds. The number of benzene rings is 4. The first-order valence-electron chi connectivity index (χ1n) is 20.0. The monoisotopic (exact) mass is 780 g/mol. The number of rotatable bonds is 5. The van der Waals surface area contributed by atoms with E-state index in [2.05, 4.69) is 84.9 Å². The van der Waals surface area contributed by atoms with Crippen LogP contribution < -0.4 is 10.4 Å². The third-order valence-electron chi connectivity index (χ3n) is 12.0. The van der Waals surface area contributed by atoms with Crippen LogP contribution in [0.3, 0.4) is 0 Å². The van der Waals surface area contributed by atoms with Gasteiger partial charge in [-0.3, -0.25) is 4.79 Å². The highest BCUT2D eigenvalue weighted by atomic mass is 16.6. The van der Waals surface area contributed by atoms with Gasteiger partial charge in [0.25, 0.3) is 0 Å². The first-order chi connectivity index (χ1) is 28.0. The van der Waals surface area contributed by atoms with Crippen molar-refractivity contribution in [2.45, 2.75) is 89.1 Å². The number of esters is 2. The normalized spacial score (nSPS) is 23.8. The van der Waals surface area contributed by atoms with E-state index in [9.17, 15) is 24.6 Å². The zero-order chi connectivity index (χ0) is 40.6. The second-order valence-corrected chi connectivity index (χ2v) is 16.3. The average Bonchev–Trinajstić information content (AvgIpc) is 3.21. The van der Waals surface area contributed by atoms with E-state index in [1.807, 2.05) is 6.07 Å². The maximum Gasteiger partial charge on any atom is 0.336 e. The first-order valence-corrected chi connectivity index (χ1v) is 20.0. The van der Waals surface area contributed by atoms with Gasteiger partial charge in [-0.05, 0) is 103 Å². The molecule has 4 heterocycles. The molecule has 9 nitrogen and oxygen atoms in total. The van der Waals surface area contributed by atoms with E-state index in [0.29, 0.717) is 47.1 Å². The number of carbonyl (C=O) groups is 2. The Labute approximate surface area is 337 Å². The molecule has 5 atom stereocenters. The van der Waals surface area contributed by atoms with Crippen LogP contribution in [0.15, 0.2) is 130 Å². The van der Waals surface area contributed by atoms with Crippen LogP contribution in [0, 0.1) is 5.92 Å². The van der Waals surface area contributed by atoms with E-state index >= 15 is 0 Å². The van der Waals surface area contributed by atoms with Gasteiger partial charge in [-0.1, -0.05) is 91.0 Å². The van der Waals surface area contributed by atoms with Gasteiger partial charge in [-0.2, -0.15) is 0 Å². The smallest absolute Gasteiger partial charge is 0.336 e. The zero-order valence-electron chi connectivity index (χ0n) is 33.0. The number of hydrogen-bond donors (Lipinski definition) is 2. The number of fused-ring (bicyclic) bond motifs is 11. The number of ether oxygens (including phenoxy) is 3. The second-order valence-electron chi connectivity index (χ2n) is 16.3. The lowest BCUT2D eigenvalue weighted by Crippen LogP contribution is -2.52. The SMILES string of the molecule is C/C(CO)=C1\CCc2ccc(cc2)[C@@H]2C=C[C@@H](c3cccc(Cc4ccccc4)c3)C[C@H]2CC(=O)O[C@@H]2c3c(ccc4c(CO)cc(=O)oc34)OC(C)(C)[C@H]2OC1=O. The van der Waals surface area contributed by atoms with Gasteiger partial charge in [0.15, 0.2) is 12.2 Å². The van der Waals surface area contributed by atoms with Crippen molar-refractivity contribution in [1.29, 1.82) is 0 Å². The fourth-order valence-corrected chi connectivity index (χ4v) is 8.88. The highest BCUT2D eigenvalue weighted by Gasteiger charge is 2.51. The number of aliphatic hydroxyl groups is 2. The molecule has 4 aliphatic rings. The summed E-state index contributed by atoms with van der Waals surface area (Å²) in [6.07, 6.45) is 4.41. The number of hydrogen-bond acceptors (Lipinski definition) is 9. The standard InChI is InChI=1S/C49H48O9/c1-29(27-50)38-18-14-30-12-15-33(16-13-30)39-19-17-35(34-11-7-10-32(23-34)22-31-8-5-4-6-9-31)24-36(39)25-42(52)56-46-44-41(58-49(2,3)47(46)57-48(38)54)21-20-40-37(28-51)26-43(53)55-45(40)44/h4-13,15-17,19-21,23,26,35-36,39,46-47,50-51H,14,18,22,24-25,27-28H2,1-3H3/b38-29-/t35-,36+,39+,46-,47+/m1/s1. The Hall–Kier alpha value is -5.77. The molecule has 1 aliphatic carbocycles. The van der Waals surface area contributed by atoms with Crippen molar-refractivity contribution in [3.05, 3.63) is 170 Å². The summed E-state index contributed by atoms with van der Waals surface area (Å²) >= 11 is 0. The molecule has 4 aromatic carbocycles. The van der Waals surface area contributed by atoms with E-state index in [1.54, 1.807) is 32.9 Å². The van der Waals surface area contributed by atoms with Gasteiger partial charge in [0.2, 0.25) is 0 Å². The minimum absolute atomic E-state index is 0.0517. The lowest BCUT2D eigenvalue weighted by atomic mass is 9.72. The fraction of sp³-hybridized carbons (Fsp3) is 0.327. The van der Waals surface area contributed by atoms with Crippen LogP contribution in [-0.2, 0) is 38.5 Å². The molecule has 2 N–H and O–H groups in total. The molecule has 1 aromatic heterocycles. The van der Waals surface area contributed by atoms with Crippen LogP contribution in [0.2, 0.25) is 0 Å². The third kappa shape index (κ3) is 7.89. The molecule has 0 fully saturated rings. The molecule has 2 bridgehead atoms. The summed E-state index contributed by atoms with van der Waals surface area (Å²) in [5.74, 6) is -1.06. The van der Waals surface area contributed by atoms with Crippen molar-refractivity contribution in [2.75, 3.05) is 6.61 Å². The molecule has 3 aliphatic heterocycles. The Morgan fingerprint density at radius 1 is 0.810 bits per heavy atom. The number of aliphatic hydroxyl groups excluding tert-OH is 2. The van der Waals surface area contributed by atoms with Gasteiger partial charge < -0.3 is 28.8 Å². The molecule has 0 saturated carbocycles. The summed E-state index contributed by atoms with van der Waals surface area (Å²) in [4.78, 5) is 41.6. The van der Waals surface area contributed by atoms with Crippen molar-refractivity contribution in [1.82, 2.24) is 0 Å². The maximum atomic E-state index is 14.6. The Morgan fingerprint density at radius 2 is 1.59 bits per heavy atom. The minimum Gasteiger partial charge on any atom is -0.483 e. The largest absolute Gasteiger partial charge is 0.483 e. The predicted octanol–water partition coefficient (Wildman–Crippen LogP) is 8.33. The summed E-state index contributed by atoms with van der Waals surface area (Å²) in [6.45, 7) is 4.41. The lowest BCUT2D eigenvalue weighted by Gasteiger charge is -2.43. The molecule has 58 heavy (non-hydrogen) atoms. The molecular weight excluding hydrogens is 733 g/mol. The molecule has 298 valence electrons. The van der Waals surface area contributed by atoms with Crippen molar-refractivity contribution in [3.63, 3.8) is 0 Å². The van der Waals surface area contributed by atoms with Crippen LogP contribution in [0.4, 0.5) is 0 Å². The van der Waals surface area contributed by atoms with Crippen molar-refractivity contribution in [3.8, 4) is 5.75 Å². The fourth-order valence-electron chi connectivity index (χ4n) is 8.88. The maximum absolute atomic E-state index is 14.6. The van der Waals surface area contributed by atoms with Gasteiger partial charge in [-0.15, -0.1) is 0 Å². The summed E-state index contributed by atoms with van der Waals surface area (Å²) in [5.41, 5.74) is 5.21. The van der Waals surface area contributed by atoms with E-state index < -0.39 is 42.0 Å². The third-order valence-corrected chi connectivity index (χ3v) is 12.0. The van der Waals surface area contributed by atoms with Crippen molar-refractivity contribution >= 4 is 22.9 Å². The highest BCUT2D eigenvalue weighted by Crippen LogP contribution is 2.48. The van der Waals surface area contributed by atoms with Crippen molar-refractivity contribution in [2.24, 2.45) is 5.92 Å². The quantitative estimate of drug-likeness (QED) is 0.0782. The molecule has 0 unspecified atom stereocenters. The van der Waals surface area contributed by atoms with E-state index in [0.717, 1.165) is 17.5 Å². The van der Waals surface area contributed by atoms with Gasteiger partial charge in [-0.25, -0.2) is 9.59 Å². The van der Waals surface area contributed by atoms with E-state index in [-0.39, 0.29) is 41.9 Å². The number of allylic oxidation sites excluding steroid dienone is 2. The molecule has 0 saturated heterocycles. The van der Waals surface area contributed by atoms with Crippen molar-refractivity contribution < 1.29 is 38.4 Å².